The Kier molecular flexibility index (Phi) is 4.64. The van der Waals surface area contributed by atoms with Gasteiger partial charge in [-0.1, -0.05) is 29.3 Å². The van der Waals surface area contributed by atoms with Crippen molar-refractivity contribution < 1.29 is 5.11 Å². The molecule has 1 unspecified atom stereocenters. The summed E-state index contributed by atoms with van der Waals surface area (Å²) in [5.74, 6) is 0.458. The van der Waals surface area contributed by atoms with E-state index in [1.54, 1.807) is 24.4 Å². The Hall–Kier alpha value is -1.29. The SMILES string of the molecule is Nc1cc(CC(O)Cc2ccc(Cl)c(Cl)c2)ccn1. The molecule has 1 heterocycles. The summed E-state index contributed by atoms with van der Waals surface area (Å²) in [6.45, 7) is 0. The monoisotopic (exact) mass is 296 g/mol. The molecule has 0 saturated carbocycles. The molecule has 0 aliphatic heterocycles. The van der Waals surface area contributed by atoms with Gasteiger partial charge in [-0.05, 0) is 48.2 Å². The predicted molar refractivity (Wildman–Crippen MR) is 78.5 cm³/mol. The van der Waals surface area contributed by atoms with Crippen LogP contribution >= 0.6 is 23.2 Å². The number of benzene rings is 1. The van der Waals surface area contributed by atoms with E-state index in [1.165, 1.54) is 0 Å². The molecule has 0 aliphatic rings. The van der Waals surface area contributed by atoms with E-state index in [1.807, 2.05) is 12.1 Å². The molecule has 0 amide bonds. The molecule has 2 aromatic rings. The highest BCUT2D eigenvalue weighted by molar-refractivity contribution is 6.42. The number of nitrogen functional groups attached to an aromatic ring is 1. The van der Waals surface area contributed by atoms with Gasteiger partial charge < -0.3 is 10.8 Å². The fourth-order valence-corrected chi connectivity index (χ4v) is 2.22. The van der Waals surface area contributed by atoms with Crippen LogP contribution in [0.5, 0.6) is 0 Å². The molecular formula is C14H14Cl2N2O. The second-order valence-electron chi connectivity index (χ2n) is 4.40. The molecule has 1 atom stereocenters. The van der Waals surface area contributed by atoms with Gasteiger partial charge in [-0.15, -0.1) is 0 Å². The second-order valence-corrected chi connectivity index (χ2v) is 5.21. The Bertz CT molecular complexity index is 575. The molecule has 0 aliphatic carbocycles. The molecule has 5 heteroatoms. The van der Waals surface area contributed by atoms with Crippen molar-refractivity contribution in [2.75, 3.05) is 5.73 Å². The minimum absolute atomic E-state index is 0.458. The van der Waals surface area contributed by atoms with Gasteiger partial charge in [-0.2, -0.15) is 0 Å². The zero-order chi connectivity index (χ0) is 13.8. The van der Waals surface area contributed by atoms with E-state index in [-0.39, 0.29) is 0 Å². The second kappa shape index (κ2) is 6.24. The Morgan fingerprint density at radius 3 is 2.37 bits per heavy atom. The maximum absolute atomic E-state index is 10.1. The molecule has 0 fully saturated rings. The highest BCUT2D eigenvalue weighted by Gasteiger charge is 2.09. The first kappa shape index (κ1) is 14.1. The number of nitrogens with zero attached hydrogens (tertiary/aromatic N) is 1. The molecule has 3 nitrogen and oxygen atoms in total. The van der Waals surface area contributed by atoms with Gasteiger partial charge in [-0.3, -0.25) is 0 Å². The van der Waals surface area contributed by atoms with E-state index in [2.05, 4.69) is 4.98 Å². The molecule has 0 saturated heterocycles. The van der Waals surface area contributed by atoms with Crippen LogP contribution < -0.4 is 5.73 Å². The molecule has 100 valence electrons. The van der Waals surface area contributed by atoms with Crippen LogP contribution in [0.2, 0.25) is 10.0 Å². The topological polar surface area (TPSA) is 59.1 Å². The summed E-state index contributed by atoms with van der Waals surface area (Å²) in [5.41, 5.74) is 7.51. The summed E-state index contributed by atoms with van der Waals surface area (Å²) in [7, 11) is 0. The van der Waals surface area contributed by atoms with Gasteiger partial charge in [0.1, 0.15) is 5.82 Å². The lowest BCUT2D eigenvalue weighted by Crippen LogP contribution is -2.14. The first-order chi connectivity index (χ1) is 9.04. The molecule has 0 radical (unpaired) electrons. The van der Waals surface area contributed by atoms with Crippen LogP contribution in [-0.4, -0.2) is 16.2 Å². The number of rotatable bonds is 4. The zero-order valence-electron chi connectivity index (χ0n) is 10.2. The number of halogens is 2. The molecular weight excluding hydrogens is 283 g/mol. The fourth-order valence-electron chi connectivity index (χ4n) is 1.90. The third kappa shape index (κ3) is 4.10. The van der Waals surface area contributed by atoms with Crippen LogP contribution in [0.1, 0.15) is 11.1 Å². The van der Waals surface area contributed by atoms with Gasteiger partial charge in [-0.25, -0.2) is 4.98 Å². The Morgan fingerprint density at radius 2 is 1.74 bits per heavy atom. The first-order valence-electron chi connectivity index (χ1n) is 5.87. The van der Waals surface area contributed by atoms with Crippen LogP contribution in [-0.2, 0) is 12.8 Å². The van der Waals surface area contributed by atoms with Crippen LogP contribution in [0.3, 0.4) is 0 Å². The zero-order valence-corrected chi connectivity index (χ0v) is 11.7. The molecule has 3 N–H and O–H groups in total. The minimum atomic E-state index is -0.501. The number of hydrogen-bond acceptors (Lipinski definition) is 3. The van der Waals surface area contributed by atoms with Crippen molar-refractivity contribution >= 4 is 29.0 Å². The van der Waals surface area contributed by atoms with Crippen LogP contribution in [0, 0.1) is 0 Å². The summed E-state index contributed by atoms with van der Waals surface area (Å²) < 4.78 is 0. The highest BCUT2D eigenvalue weighted by Crippen LogP contribution is 2.23. The van der Waals surface area contributed by atoms with E-state index < -0.39 is 6.10 Å². The summed E-state index contributed by atoms with van der Waals surface area (Å²) in [6, 6.07) is 8.97. The maximum Gasteiger partial charge on any atom is 0.123 e. The lowest BCUT2D eigenvalue weighted by atomic mass is 10.0. The van der Waals surface area contributed by atoms with E-state index >= 15 is 0 Å². The van der Waals surface area contributed by atoms with Crippen molar-refractivity contribution in [3.63, 3.8) is 0 Å². The first-order valence-corrected chi connectivity index (χ1v) is 6.62. The third-order valence-electron chi connectivity index (χ3n) is 2.77. The van der Waals surface area contributed by atoms with Crippen LogP contribution in [0.4, 0.5) is 5.82 Å². The van der Waals surface area contributed by atoms with Crippen LogP contribution in [0.15, 0.2) is 36.5 Å². The van der Waals surface area contributed by atoms with Crippen molar-refractivity contribution in [3.8, 4) is 0 Å². The Labute approximate surface area is 122 Å². The number of aliphatic hydroxyl groups excluding tert-OH is 1. The largest absolute Gasteiger partial charge is 0.392 e. The number of hydrogen-bond donors (Lipinski definition) is 2. The molecule has 0 spiro atoms. The number of aromatic nitrogens is 1. The highest BCUT2D eigenvalue weighted by atomic mass is 35.5. The number of nitrogens with two attached hydrogens (primary N) is 1. The van der Waals surface area contributed by atoms with Gasteiger partial charge in [0, 0.05) is 6.20 Å². The summed E-state index contributed by atoms with van der Waals surface area (Å²) in [6.07, 6.45) is 2.17. The quantitative estimate of drug-likeness (QED) is 0.911. The maximum atomic E-state index is 10.1. The van der Waals surface area contributed by atoms with E-state index in [0.717, 1.165) is 11.1 Å². The van der Waals surface area contributed by atoms with Crippen LogP contribution in [0.25, 0.3) is 0 Å². The lowest BCUT2D eigenvalue weighted by Gasteiger charge is -2.11. The predicted octanol–water partition coefficient (Wildman–Crippen LogP) is 3.12. The third-order valence-corrected chi connectivity index (χ3v) is 3.51. The Morgan fingerprint density at radius 1 is 1.05 bits per heavy atom. The van der Waals surface area contributed by atoms with Crippen molar-refractivity contribution in [1.29, 1.82) is 0 Å². The van der Waals surface area contributed by atoms with Crippen molar-refractivity contribution in [2.24, 2.45) is 0 Å². The number of aliphatic hydroxyl groups is 1. The average Bonchev–Trinajstić information content (AvgIpc) is 2.34. The molecule has 0 bridgehead atoms. The lowest BCUT2D eigenvalue weighted by molar-refractivity contribution is 0.175. The summed E-state index contributed by atoms with van der Waals surface area (Å²) >= 11 is 11.8. The Balaban J connectivity index is 2.01. The van der Waals surface area contributed by atoms with E-state index in [4.69, 9.17) is 28.9 Å². The molecule has 2 rings (SSSR count). The van der Waals surface area contributed by atoms with Gasteiger partial charge in [0.15, 0.2) is 0 Å². The number of anilines is 1. The molecule has 1 aromatic heterocycles. The van der Waals surface area contributed by atoms with E-state index in [9.17, 15) is 5.11 Å². The molecule has 1 aromatic carbocycles. The average molecular weight is 297 g/mol. The summed E-state index contributed by atoms with van der Waals surface area (Å²) in [4.78, 5) is 3.92. The fraction of sp³-hybridized carbons (Fsp3) is 0.214. The summed E-state index contributed by atoms with van der Waals surface area (Å²) in [5, 5.41) is 11.1. The van der Waals surface area contributed by atoms with Gasteiger partial charge >= 0.3 is 0 Å². The van der Waals surface area contributed by atoms with Crippen molar-refractivity contribution in [3.05, 3.63) is 57.7 Å². The number of pyridine rings is 1. The van der Waals surface area contributed by atoms with Gasteiger partial charge in [0.2, 0.25) is 0 Å². The van der Waals surface area contributed by atoms with E-state index in [0.29, 0.717) is 28.7 Å². The van der Waals surface area contributed by atoms with Gasteiger partial charge in [0.25, 0.3) is 0 Å². The minimum Gasteiger partial charge on any atom is -0.392 e. The van der Waals surface area contributed by atoms with Gasteiger partial charge in [0.05, 0.1) is 16.1 Å². The standard InChI is InChI=1S/C14H14Cl2N2O/c15-12-2-1-9(7-13(12)16)5-11(19)6-10-3-4-18-14(17)8-10/h1-4,7-8,11,19H,5-6H2,(H2,17,18). The van der Waals surface area contributed by atoms with Crippen molar-refractivity contribution in [1.82, 2.24) is 4.98 Å². The molecule has 19 heavy (non-hydrogen) atoms. The van der Waals surface area contributed by atoms with Crippen molar-refractivity contribution in [2.45, 2.75) is 18.9 Å². The normalized spacial score (nSPS) is 12.4. The smallest absolute Gasteiger partial charge is 0.123 e.